The van der Waals surface area contributed by atoms with Crippen LogP contribution >= 0.6 is 31.9 Å². The third kappa shape index (κ3) is 4.14. The van der Waals surface area contributed by atoms with Gasteiger partial charge in [0.05, 0.1) is 8.95 Å². The van der Waals surface area contributed by atoms with E-state index in [2.05, 4.69) is 31.9 Å². The van der Waals surface area contributed by atoms with Gasteiger partial charge in [-0.1, -0.05) is 0 Å². The second-order valence-corrected chi connectivity index (χ2v) is 6.19. The van der Waals surface area contributed by atoms with Gasteiger partial charge >= 0.3 is 5.97 Å². The molecule has 5 nitrogen and oxygen atoms in total. The topological polar surface area (TPSA) is 81.8 Å². The number of carbonyl (C=O) groups is 1. The Kier molecular flexibility index (Phi) is 5.31. The molecule has 0 radical (unpaired) electrons. The summed E-state index contributed by atoms with van der Waals surface area (Å²) in [7, 11) is 0. The Morgan fingerprint density at radius 2 is 1.68 bits per heavy atom. The van der Waals surface area contributed by atoms with E-state index in [1.807, 2.05) is 0 Å². The van der Waals surface area contributed by atoms with Crippen LogP contribution in [0.3, 0.4) is 0 Å². The Morgan fingerprint density at radius 3 is 2.18 bits per heavy atom. The smallest absolute Gasteiger partial charge is 0.344 e. The number of nitrogen functional groups attached to an aromatic ring is 1. The van der Waals surface area contributed by atoms with Crippen LogP contribution in [0.2, 0.25) is 0 Å². The maximum absolute atomic E-state index is 10.8. The molecule has 2 aromatic carbocycles. The van der Waals surface area contributed by atoms with Crippen molar-refractivity contribution in [1.29, 1.82) is 0 Å². The first-order valence-electron chi connectivity index (χ1n) is 6.28. The van der Waals surface area contributed by atoms with Crippen molar-refractivity contribution in [3.8, 4) is 17.2 Å². The molecule has 0 saturated carbocycles. The number of hydrogen-bond acceptors (Lipinski definition) is 4. The molecule has 0 aromatic heterocycles. The lowest BCUT2D eigenvalue weighted by atomic mass is 10.3. The van der Waals surface area contributed by atoms with Crippen LogP contribution in [0.15, 0.2) is 45.3 Å². The van der Waals surface area contributed by atoms with Gasteiger partial charge in [0.1, 0.15) is 11.5 Å². The van der Waals surface area contributed by atoms with Gasteiger partial charge in [-0.3, -0.25) is 0 Å². The maximum Gasteiger partial charge on any atom is 0.344 e. The molecule has 3 N–H and O–H groups in total. The standard InChI is InChI=1S/C15H13Br2NO4/c1-8(15(19)20)21-11-6-12(16)14(13(17)7-11)22-10-4-2-9(18)3-5-10/h2-8H,18H2,1H3,(H,19,20). The SMILES string of the molecule is CC(Oc1cc(Br)c(Oc2ccc(N)cc2)c(Br)c1)C(=O)O. The van der Waals surface area contributed by atoms with Gasteiger partial charge in [-0.15, -0.1) is 0 Å². The van der Waals surface area contributed by atoms with Crippen molar-refractivity contribution >= 4 is 43.5 Å². The van der Waals surface area contributed by atoms with E-state index in [0.717, 1.165) is 0 Å². The van der Waals surface area contributed by atoms with E-state index >= 15 is 0 Å². The van der Waals surface area contributed by atoms with Crippen LogP contribution in [0.4, 0.5) is 5.69 Å². The van der Waals surface area contributed by atoms with Crippen molar-refractivity contribution in [3.05, 3.63) is 45.3 Å². The number of rotatable bonds is 5. The van der Waals surface area contributed by atoms with Crippen LogP contribution in [0.5, 0.6) is 17.2 Å². The second kappa shape index (κ2) is 7.02. The molecule has 1 atom stereocenters. The van der Waals surface area contributed by atoms with E-state index in [0.29, 0.717) is 31.9 Å². The number of anilines is 1. The van der Waals surface area contributed by atoms with Crippen LogP contribution in [0.1, 0.15) is 6.92 Å². The van der Waals surface area contributed by atoms with Crippen LogP contribution in [-0.2, 0) is 4.79 Å². The molecule has 0 aliphatic carbocycles. The summed E-state index contributed by atoms with van der Waals surface area (Å²) in [4.78, 5) is 10.8. The highest BCUT2D eigenvalue weighted by molar-refractivity contribution is 9.11. The summed E-state index contributed by atoms with van der Waals surface area (Å²) in [5, 5.41) is 8.87. The Bertz CT molecular complexity index is 665. The molecule has 22 heavy (non-hydrogen) atoms. The highest BCUT2D eigenvalue weighted by Crippen LogP contribution is 2.40. The summed E-state index contributed by atoms with van der Waals surface area (Å²) in [5.41, 5.74) is 6.28. The van der Waals surface area contributed by atoms with Gasteiger partial charge < -0.3 is 20.3 Å². The summed E-state index contributed by atoms with van der Waals surface area (Å²) in [6, 6.07) is 10.3. The zero-order valence-corrected chi connectivity index (χ0v) is 14.7. The molecule has 0 saturated heterocycles. The Balaban J connectivity index is 2.23. The van der Waals surface area contributed by atoms with Gasteiger partial charge in [0.2, 0.25) is 0 Å². The second-order valence-electron chi connectivity index (χ2n) is 4.49. The van der Waals surface area contributed by atoms with Crippen molar-refractivity contribution in [2.24, 2.45) is 0 Å². The zero-order chi connectivity index (χ0) is 16.3. The van der Waals surface area contributed by atoms with Crippen LogP contribution in [-0.4, -0.2) is 17.2 Å². The van der Waals surface area contributed by atoms with E-state index in [9.17, 15) is 4.79 Å². The number of nitrogens with two attached hydrogens (primary N) is 1. The van der Waals surface area contributed by atoms with Gasteiger partial charge in [0, 0.05) is 5.69 Å². The predicted octanol–water partition coefficient (Wildman–Crippen LogP) is 4.44. The molecule has 2 aromatic rings. The summed E-state index contributed by atoms with van der Waals surface area (Å²) < 4.78 is 12.4. The highest BCUT2D eigenvalue weighted by atomic mass is 79.9. The first kappa shape index (κ1) is 16.6. The fourth-order valence-corrected chi connectivity index (χ4v) is 2.92. The number of benzene rings is 2. The molecule has 116 valence electrons. The molecule has 0 amide bonds. The molecule has 0 aliphatic rings. The molecular formula is C15H13Br2NO4. The summed E-state index contributed by atoms with van der Waals surface area (Å²) in [5.74, 6) is 0.566. The summed E-state index contributed by atoms with van der Waals surface area (Å²) in [6.45, 7) is 1.46. The van der Waals surface area contributed by atoms with Crippen molar-refractivity contribution < 1.29 is 19.4 Å². The van der Waals surface area contributed by atoms with Gasteiger partial charge in [-0.05, 0) is 75.2 Å². The maximum atomic E-state index is 10.8. The fourth-order valence-electron chi connectivity index (χ4n) is 1.61. The average Bonchev–Trinajstić information content (AvgIpc) is 2.44. The van der Waals surface area contributed by atoms with Crippen molar-refractivity contribution in [1.82, 2.24) is 0 Å². The summed E-state index contributed by atoms with van der Waals surface area (Å²) in [6.07, 6.45) is -0.942. The molecule has 0 spiro atoms. The minimum Gasteiger partial charge on any atom is -0.479 e. The molecule has 0 fully saturated rings. The molecule has 2 rings (SSSR count). The number of carboxylic acids is 1. The van der Waals surface area contributed by atoms with E-state index in [1.165, 1.54) is 6.92 Å². The Labute approximate surface area is 144 Å². The van der Waals surface area contributed by atoms with Gasteiger partial charge in [0.25, 0.3) is 0 Å². The quantitative estimate of drug-likeness (QED) is 0.685. The van der Waals surface area contributed by atoms with E-state index in [1.54, 1.807) is 36.4 Å². The monoisotopic (exact) mass is 429 g/mol. The van der Waals surface area contributed by atoms with Crippen LogP contribution < -0.4 is 15.2 Å². The normalized spacial score (nSPS) is 11.8. The van der Waals surface area contributed by atoms with Gasteiger partial charge in [-0.2, -0.15) is 0 Å². The summed E-state index contributed by atoms with van der Waals surface area (Å²) >= 11 is 6.78. The van der Waals surface area contributed by atoms with Crippen LogP contribution in [0.25, 0.3) is 0 Å². The van der Waals surface area contributed by atoms with E-state index in [-0.39, 0.29) is 0 Å². The molecule has 0 bridgehead atoms. The third-order valence-corrected chi connectivity index (χ3v) is 3.91. The largest absolute Gasteiger partial charge is 0.479 e. The minimum atomic E-state index is -1.03. The average molecular weight is 431 g/mol. The zero-order valence-electron chi connectivity index (χ0n) is 11.5. The first-order valence-corrected chi connectivity index (χ1v) is 7.87. The van der Waals surface area contributed by atoms with Crippen molar-refractivity contribution in [2.45, 2.75) is 13.0 Å². The lowest BCUT2D eigenvalue weighted by Crippen LogP contribution is -2.22. The first-order chi connectivity index (χ1) is 10.4. The molecule has 0 heterocycles. The number of carboxylic acid groups (broad SMARTS) is 1. The van der Waals surface area contributed by atoms with E-state index in [4.69, 9.17) is 20.3 Å². The predicted molar refractivity (Wildman–Crippen MR) is 90.5 cm³/mol. The van der Waals surface area contributed by atoms with Crippen molar-refractivity contribution in [2.75, 3.05) is 5.73 Å². The molecule has 0 aliphatic heterocycles. The number of aliphatic carboxylic acids is 1. The number of hydrogen-bond donors (Lipinski definition) is 2. The van der Waals surface area contributed by atoms with E-state index < -0.39 is 12.1 Å². The third-order valence-electron chi connectivity index (χ3n) is 2.73. The highest BCUT2D eigenvalue weighted by Gasteiger charge is 2.16. The lowest BCUT2D eigenvalue weighted by molar-refractivity contribution is -0.144. The fraction of sp³-hybridized carbons (Fsp3) is 0.133. The Morgan fingerprint density at radius 1 is 1.14 bits per heavy atom. The molecule has 1 unspecified atom stereocenters. The number of halogens is 2. The van der Waals surface area contributed by atoms with Gasteiger partial charge in [0.15, 0.2) is 11.9 Å². The molecular weight excluding hydrogens is 418 g/mol. The van der Waals surface area contributed by atoms with Gasteiger partial charge in [-0.25, -0.2) is 4.79 Å². The van der Waals surface area contributed by atoms with Crippen LogP contribution in [0, 0.1) is 0 Å². The number of ether oxygens (including phenoxy) is 2. The lowest BCUT2D eigenvalue weighted by Gasteiger charge is -2.14. The Hall–Kier alpha value is -1.73. The minimum absolute atomic E-state index is 0.415. The van der Waals surface area contributed by atoms with Crippen molar-refractivity contribution in [3.63, 3.8) is 0 Å². The molecule has 7 heteroatoms.